The Morgan fingerprint density at radius 2 is 0.888 bits per heavy atom. The van der Waals surface area contributed by atoms with Crippen LogP contribution in [0.5, 0.6) is 0 Å². The minimum absolute atomic E-state index is 0.0499. The zero-order valence-corrected chi connectivity index (χ0v) is 55.0. The van der Waals surface area contributed by atoms with Gasteiger partial charge in [-0.3, -0.25) is 62.9 Å². The summed E-state index contributed by atoms with van der Waals surface area (Å²) in [5.41, 5.74) is 40.7. The normalized spacial score (nSPS) is 18.5. The predicted molar refractivity (Wildman–Crippen MR) is 362 cm³/mol. The summed E-state index contributed by atoms with van der Waals surface area (Å²) in [7, 11) is 0. The molecule has 6 rings (SSSR count). The first-order valence-corrected chi connectivity index (χ1v) is 32.7. The lowest BCUT2D eigenvalue weighted by Gasteiger charge is -2.35. The van der Waals surface area contributed by atoms with Gasteiger partial charge in [0.1, 0.15) is 54.4 Å². The number of likely N-dealkylation sites (tertiary alicyclic amines) is 3. The summed E-state index contributed by atoms with van der Waals surface area (Å²) >= 11 is 0. The second kappa shape index (κ2) is 38.3. The number of nitrogens with one attached hydrogen (secondary N) is 7. The molecule has 3 aromatic rings. The highest BCUT2D eigenvalue weighted by Crippen LogP contribution is 2.30. The van der Waals surface area contributed by atoms with Crippen LogP contribution in [-0.4, -0.2) is 220 Å². The number of rotatable bonds is 36. The molecule has 11 unspecified atom stereocenters. The standard InChI is InChI=1S/C65H94N20O13/c1-38(87)76-42-35-52(85(36-42)60(95)51-26-15-31-84(51)59(94)44(23-12-28-74-64(69)70)77-53(88)43(66)22-11-27-73-63(67)68)61(96)83-30-14-25-50(83)58(93)81-48(34-41-20-9-4-10-21-41)56(91)82-49(37-86)57(92)80-47(33-40-18-7-3-8-19-40)55(90)79-46(32-39-16-5-2-6-17-39)54(89)78-45(62(97)98)24-13-29-75-65(71)72/h2-10,16-21,42-52,86H,11-15,22-37,66H2,1H3,(H,76,87)(H,77,88)(H,78,89)(H,79,90)(H,80,92)(H,81,93)(H,82,91)(H,97,98)(H4,67,68,73)(H4,69,70,74)(H4,71,72,75). The van der Waals surface area contributed by atoms with E-state index in [4.69, 9.17) is 40.1 Å². The third-order valence-electron chi connectivity index (χ3n) is 16.9. The lowest BCUT2D eigenvalue weighted by Crippen LogP contribution is -2.61. The van der Waals surface area contributed by atoms with Gasteiger partial charge in [0.25, 0.3) is 0 Å². The van der Waals surface area contributed by atoms with Gasteiger partial charge in [0.15, 0.2) is 17.9 Å². The number of amides is 10. The minimum atomic E-state index is -1.75. The van der Waals surface area contributed by atoms with Gasteiger partial charge in [0.05, 0.1) is 12.6 Å². The molecule has 3 aromatic carbocycles. The Balaban J connectivity index is 1.20. The van der Waals surface area contributed by atoms with Gasteiger partial charge in [-0.25, -0.2) is 4.79 Å². The third-order valence-corrected chi connectivity index (χ3v) is 16.9. The van der Waals surface area contributed by atoms with Crippen molar-refractivity contribution >= 4 is 82.9 Å². The molecule has 0 aromatic heterocycles. The van der Waals surface area contributed by atoms with Crippen molar-refractivity contribution in [3.8, 4) is 0 Å². The average Bonchev–Trinajstić information content (AvgIpc) is 1.63. The molecule has 98 heavy (non-hydrogen) atoms. The van der Waals surface area contributed by atoms with Crippen molar-refractivity contribution in [3.63, 3.8) is 0 Å². The number of benzene rings is 3. The minimum Gasteiger partial charge on any atom is -0.480 e. The molecule has 3 heterocycles. The number of carbonyl (C=O) groups excluding carboxylic acids is 10. The van der Waals surface area contributed by atoms with Crippen LogP contribution < -0.4 is 77.4 Å². The highest BCUT2D eigenvalue weighted by molar-refractivity contribution is 5.99. The number of guanidine groups is 3. The van der Waals surface area contributed by atoms with Crippen LogP contribution in [0, 0.1) is 0 Å². The maximum atomic E-state index is 15.1. The van der Waals surface area contributed by atoms with Crippen molar-refractivity contribution in [1.82, 2.24) is 51.9 Å². The average molecular weight is 1360 g/mol. The number of hydrogen-bond donors (Lipinski definition) is 16. The molecule has 10 amide bonds. The van der Waals surface area contributed by atoms with Crippen LogP contribution >= 0.6 is 0 Å². The van der Waals surface area contributed by atoms with Crippen molar-refractivity contribution in [3.05, 3.63) is 108 Å². The topological polar surface area (TPSA) is 541 Å². The fourth-order valence-corrected chi connectivity index (χ4v) is 12.1. The van der Waals surface area contributed by atoms with Gasteiger partial charge >= 0.3 is 5.97 Å². The van der Waals surface area contributed by atoms with Gasteiger partial charge in [-0.15, -0.1) is 0 Å². The van der Waals surface area contributed by atoms with Crippen molar-refractivity contribution in [1.29, 1.82) is 0 Å². The summed E-state index contributed by atoms with van der Waals surface area (Å²) in [6.45, 7) is 0.729. The number of carboxylic acids is 1. The van der Waals surface area contributed by atoms with Crippen LogP contribution in [0.15, 0.2) is 106 Å². The third kappa shape index (κ3) is 23.7. The van der Waals surface area contributed by atoms with Crippen LogP contribution in [0.4, 0.5) is 0 Å². The maximum absolute atomic E-state index is 15.1. The molecule has 3 aliphatic rings. The first-order valence-electron chi connectivity index (χ1n) is 32.7. The SMILES string of the molecule is CC(=O)NC1CC(C(=O)N2CCCC2C(=O)NC(Cc2ccccc2)C(=O)NC(CO)C(=O)NC(Cc2ccccc2)C(=O)NC(Cc2ccccc2)C(=O)NC(CCCN=C(N)N)C(=O)O)N(C(=O)C2CCCN2C(=O)C(CCCN=C(N)N)NC(=O)C(N)CCCN=C(N)N)C1. The van der Waals surface area contributed by atoms with Gasteiger partial charge in [0.2, 0.25) is 59.1 Å². The number of hydrogen-bond acceptors (Lipinski definition) is 16. The molecule has 11 atom stereocenters. The Bertz CT molecular complexity index is 3320. The fourth-order valence-electron chi connectivity index (χ4n) is 12.1. The molecule has 23 N–H and O–H groups in total. The van der Waals surface area contributed by atoms with E-state index in [2.05, 4.69) is 52.2 Å². The lowest BCUT2D eigenvalue weighted by atomic mass is 10.0. The van der Waals surface area contributed by atoms with Crippen LogP contribution in [-0.2, 0) is 72.0 Å². The molecule has 3 saturated heterocycles. The van der Waals surface area contributed by atoms with Crippen LogP contribution in [0.1, 0.15) is 94.2 Å². The van der Waals surface area contributed by atoms with E-state index in [1.165, 1.54) is 21.6 Å². The van der Waals surface area contributed by atoms with Crippen molar-refractivity contribution in [2.75, 3.05) is 45.9 Å². The van der Waals surface area contributed by atoms with E-state index in [9.17, 15) is 53.4 Å². The lowest BCUT2D eigenvalue weighted by molar-refractivity contribution is -0.151. The molecule has 33 heteroatoms. The molecule has 0 saturated carbocycles. The monoisotopic (exact) mass is 1360 g/mol. The number of carboxylic acid groups (broad SMARTS) is 1. The van der Waals surface area contributed by atoms with Crippen LogP contribution in [0.2, 0.25) is 0 Å². The zero-order valence-electron chi connectivity index (χ0n) is 55.0. The molecule has 0 radical (unpaired) electrons. The number of aliphatic carboxylic acids is 1. The van der Waals surface area contributed by atoms with Crippen LogP contribution in [0.3, 0.4) is 0 Å². The first kappa shape index (κ1) is 76.6. The van der Waals surface area contributed by atoms with Gasteiger partial charge in [-0.1, -0.05) is 91.0 Å². The fraction of sp³-hybridized carbons (Fsp3) is 0.508. The second-order valence-corrected chi connectivity index (χ2v) is 24.4. The quantitative estimate of drug-likeness (QED) is 0.0148. The number of nitrogens with zero attached hydrogens (tertiary/aromatic N) is 6. The second-order valence-electron chi connectivity index (χ2n) is 24.4. The number of aliphatic imine (C=N–C) groups is 3. The highest BCUT2D eigenvalue weighted by Gasteiger charge is 2.49. The van der Waals surface area contributed by atoms with Gasteiger partial charge in [-0.2, -0.15) is 0 Å². The van der Waals surface area contributed by atoms with E-state index >= 15 is 9.59 Å². The summed E-state index contributed by atoms with van der Waals surface area (Å²) in [5.74, 6) is -9.24. The van der Waals surface area contributed by atoms with E-state index in [-0.39, 0.29) is 128 Å². The number of carbonyl (C=O) groups is 11. The summed E-state index contributed by atoms with van der Waals surface area (Å²) < 4.78 is 0. The molecule has 3 fully saturated rings. The summed E-state index contributed by atoms with van der Waals surface area (Å²) in [6.07, 6.45) is 1.48. The highest BCUT2D eigenvalue weighted by atomic mass is 16.4. The van der Waals surface area contributed by atoms with Gasteiger partial charge < -0.3 is 102 Å². The van der Waals surface area contributed by atoms with Crippen LogP contribution in [0.25, 0.3) is 0 Å². The number of nitrogens with two attached hydrogens (primary N) is 7. The smallest absolute Gasteiger partial charge is 0.326 e. The molecule has 0 bridgehead atoms. The van der Waals surface area contributed by atoms with Crippen molar-refractivity contribution < 1.29 is 63.0 Å². The van der Waals surface area contributed by atoms with Gasteiger partial charge in [0, 0.05) is 71.5 Å². The molecule has 0 aliphatic carbocycles. The van der Waals surface area contributed by atoms with Crippen molar-refractivity contribution in [2.45, 2.75) is 163 Å². The molecular formula is C65H94N20O13. The van der Waals surface area contributed by atoms with Crippen molar-refractivity contribution in [2.24, 2.45) is 55.1 Å². The largest absolute Gasteiger partial charge is 0.480 e. The van der Waals surface area contributed by atoms with E-state index in [0.29, 0.717) is 36.0 Å². The molecule has 33 nitrogen and oxygen atoms in total. The van der Waals surface area contributed by atoms with E-state index in [1.807, 2.05) is 0 Å². The number of aliphatic hydroxyl groups is 1. The Morgan fingerprint density at radius 1 is 0.490 bits per heavy atom. The number of aliphatic hydroxyl groups excluding tert-OH is 1. The first-order chi connectivity index (χ1) is 46.8. The molecular weight excluding hydrogens is 1270 g/mol. The maximum Gasteiger partial charge on any atom is 0.326 e. The Kier molecular flexibility index (Phi) is 30.0. The summed E-state index contributed by atoms with van der Waals surface area (Å²) in [6, 6.07) is 11.6. The Morgan fingerprint density at radius 3 is 1.35 bits per heavy atom. The van der Waals surface area contributed by atoms with E-state index < -0.39 is 138 Å². The van der Waals surface area contributed by atoms with Gasteiger partial charge in [-0.05, 0) is 87.3 Å². The van der Waals surface area contributed by atoms with E-state index in [1.54, 1.807) is 91.0 Å². The molecule has 532 valence electrons. The zero-order chi connectivity index (χ0) is 71.4. The predicted octanol–water partition coefficient (Wildman–Crippen LogP) is -4.72. The Labute approximate surface area is 567 Å². The molecule has 3 aliphatic heterocycles. The summed E-state index contributed by atoms with van der Waals surface area (Å²) in [4.78, 5) is 171. The molecule has 0 spiro atoms. The summed E-state index contributed by atoms with van der Waals surface area (Å²) in [5, 5.41) is 39.5. The van der Waals surface area contributed by atoms with E-state index in [0.717, 1.165) is 0 Å². The Hall–Kier alpha value is -10.4.